The standard InChI is InChI=1S/C18H20F6N6O4/c1-15(2)5-4-6-25-8-16(3,18(22,23)24)14(32)29-28-13(31)11-10(30(33)34)7-9(17(19,20)21)12(26-11)27-15/h6-7H,4-5,8H2,1-3H3,(H,26,27)(H,28,31)(H,29,32). The van der Waals surface area contributed by atoms with Crippen LogP contribution >= 0.6 is 0 Å². The number of hydrogen-bond donors (Lipinski definition) is 3. The van der Waals surface area contributed by atoms with Gasteiger partial charge in [0.25, 0.3) is 11.8 Å². The highest BCUT2D eigenvalue weighted by Gasteiger charge is 2.57. The average Bonchev–Trinajstić information content (AvgIpc) is 2.68. The number of amides is 2. The molecule has 3 N–H and O–H groups in total. The van der Waals surface area contributed by atoms with Crippen molar-refractivity contribution in [1.29, 1.82) is 0 Å². The second kappa shape index (κ2) is 9.06. The van der Waals surface area contributed by atoms with Crippen LogP contribution in [0.25, 0.3) is 0 Å². The van der Waals surface area contributed by atoms with Crippen LogP contribution in [0.3, 0.4) is 0 Å². The molecule has 1 aromatic heterocycles. The van der Waals surface area contributed by atoms with Gasteiger partial charge in [0.15, 0.2) is 5.41 Å². The Morgan fingerprint density at radius 3 is 2.24 bits per heavy atom. The van der Waals surface area contributed by atoms with E-state index in [1.807, 2.05) is 0 Å². The molecular formula is C18H20F6N6O4. The molecule has 0 radical (unpaired) electrons. The zero-order chi connectivity index (χ0) is 26.1. The Hall–Kier alpha value is -3.46. The van der Waals surface area contributed by atoms with E-state index in [1.165, 1.54) is 19.3 Å². The Balaban J connectivity index is 2.66. The minimum Gasteiger partial charge on any atom is -0.365 e. The largest absolute Gasteiger partial charge is 0.420 e. The Bertz CT molecular complexity index is 1020. The van der Waals surface area contributed by atoms with Gasteiger partial charge in [-0.25, -0.2) is 4.98 Å². The minimum atomic E-state index is -5.10. The van der Waals surface area contributed by atoms with Crippen molar-refractivity contribution >= 4 is 29.5 Å². The molecule has 1 aliphatic heterocycles. The molecule has 1 atom stereocenters. The summed E-state index contributed by atoms with van der Waals surface area (Å²) in [5, 5.41) is 13.8. The Kier molecular flexibility index (Phi) is 7.14. The third kappa shape index (κ3) is 5.72. The van der Waals surface area contributed by atoms with Gasteiger partial charge in [-0.2, -0.15) is 26.3 Å². The summed E-state index contributed by atoms with van der Waals surface area (Å²) in [4.78, 5) is 41.8. The summed E-state index contributed by atoms with van der Waals surface area (Å²) < 4.78 is 81.4. The number of pyridine rings is 1. The van der Waals surface area contributed by atoms with Gasteiger partial charge in [0, 0.05) is 11.6 Å². The first-order valence-electron chi connectivity index (χ1n) is 9.60. The SMILES string of the molecule is CC1(C)CCC=NCC(C)(C(F)(F)F)C(=O)NNC(=O)c2nc(c(C(F)(F)F)cc2[N+](=O)[O-])N1. The van der Waals surface area contributed by atoms with E-state index in [4.69, 9.17) is 0 Å². The molecule has 1 unspecified atom stereocenters. The summed E-state index contributed by atoms with van der Waals surface area (Å²) in [6, 6.07) is 0.0848. The van der Waals surface area contributed by atoms with Crippen LogP contribution in [-0.2, 0) is 11.0 Å². The molecule has 0 aromatic carbocycles. The minimum absolute atomic E-state index is 0.00786. The van der Waals surface area contributed by atoms with Crippen molar-refractivity contribution in [2.45, 2.75) is 51.5 Å². The van der Waals surface area contributed by atoms with Gasteiger partial charge in [-0.1, -0.05) is 0 Å². The topological polar surface area (TPSA) is 139 Å². The number of hydrogen-bond acceptors (Lipinski definition) is 7. The number of anilines is 1. The molecule has 1 aliphatic rings. The predicted molar refractivity (Wildman–Crippen MR) is 106 cm³/mol. The Morgan fingerprint density at radius 1 is 1.09 bits per heavy atom. The van der Waals surface area contributed by atoms with Crippen LogP contribution < -0.4 is 16.2 Å². The summed E-state index contributed by atoms with van der Waals surface area (Å²) in [6.07, 6.45) is -9.05. The first-order valence-corrected chi connectivity index (χ1v) is 9.60. The van der Waals surface area contributed by atoms with Gasteiger partial charge in [0.2, 0.25) is 5.69 Å². The number of alkyl halides is 6. The van der Waals surface area contributed by atoms with E-state index in [0.717, 1.165) is 6.21 Å². The molecule has 0 aliphatic carbocycles. The van der Waals surface area contributed by atoms with Crippen molar-refractivity contribution in [1.82, 2.24) is 15.8 Å². The van der Waals surface area contributed by atoms with Crippen LogP contribution in [0.15, 0.2) is 11.1 Å². The second-order valence-corrected chi connectivity index (χ2v) is 8.32. The first-order chi connectivity index (χ1) is 15.4. The Labute approximate surface area is 188 Å². The van der Waals surface area contributed by atoms with Crippen LogP contribution in [0, 0.1) is 15.5 Å². The van der Waals surface area contributed by atoms with Crippen molar-refractivity contribution < 1.29 is 40.9 Å². The zero-order valence-electron chi connectivity index (χ0n) is 18.0. The maximum absolute atomic E-state index is 13.6. The predicted octanol–water partition coefficient (Wildman–Crippen LogP) is 3.39. The third-order valence-electron chi connectivity index (χ3n) is 5.03. The van der Waals surface area contributed by atoms with E-state index < -0.39 is 69.4 Å². The molecule has 16 heteroatoms. The highest BCUT2D eigenvalue weighted by molar-refractivity contribution is 5.98. The molecule has 2 rings (SSSR count). The second-order valence-electron chi connectivity index (χ2n) is 8.32. The highest BCUT2D eigenvalue weighted by Crippen LogP contribution is 2.40. The van der Waals surface area contributed by atoms with Crippen LogP contribution in [0.5, 0.6) is 0 Å². The molecule has 2 amide bonds. The number of halogens is 6. The third-order valence-corrected chi connectivity index (χ3v) is 5.03. The number of nitrogens with zero attached hydrogens (tertiary/aromatic N) is 3. The average molecular weight is 498 g/mol. The number of rotatable bonds is 1. The van der Waals surface area contributed by atoms with Gasteiger partial charge in [0.05, 0.1) is 11.5 Å². The van der Waals surface area contributed by atoms with Gasteiger partial charge in [-0.3, -0.25) is 35.5 Å². The molecule has 1 aromatic rings. The van der Waals surface area contributed by atoms with Crippen molar-refractivity contribution in [2.75, 3.05) is 11.9 Å². The summed E-state index contributed by atoms with van der Waals surface area (Å²) in [5.41, 5.74) is -5.26. The maximum atomic E-state index is 13.6. The molecule has 0 spiro atoms. The van der Waals surface area contributed by atoms with Crippen LogP contribution in [0.2, 0.25) is 0 Å². The zero-order valence-corrected chi connectivity index (χ0v) is 18.0. The lowest BCUT2D eigenvalue weighted by Gasteiger charge is -2.29. The van der Waals surface area contributed by atoms with Gasteiger partial charge >= 0.3 is 18.0 Å². The quantitative estimate of drug-likeness (QED) is 0.308. The summed E-state index contributed by atoms with van der Waals surface area (Å²) in [6.45, 7) is 2.39. The number of aromatic nitrogens is 1. The highest BCUT2D eigenvalue weighted by atomic mass is 19.4. The molecule has 34 heavy (non-hydrogen) atoms. The normalized spacial score (nSPS) is 22.0. The van der Waals surface area contributed by atoms with Gasteiger partial charge in [0.1, 0.15) is 11.4 Å². The van der Waals surface area contributed by atoms with E-state index in [1.54, 1.807) is 5.43 Å². The Morgan fingerprint density at radius 2 is 1.71 bits per heavy atom. The molecule has 0 fully saturated rings. The van der Waals surface area contributed by atoms with Crippen LogP contribution in [0.4, 0.5) is 37.8 Å². The van der Waals surface area contributed by atoms with Gasteiger partial charge in [-0.15, -0.1) is 0 Å². The molecule has 0 saturated heterocycles. The summed E-state index contributed by atoms with van der Waals surface area (Å²) in [5.74, 6) is -4.25. The molecule has 2 bridgehead atoms. The van der Waals surface area contributed by atoms with Gasteiger partial charge < -0.3 is 5.32 Å². The monoisotopic (exact) mass is 498 g/mol. The summed E-state index contributed by atoms with van der Waals surface area (Å²) in [7, 11) is 0. The number of carbonyl (C=O) groups excluding carboxylic acids is 2. The molecule has 188 valence electrons. The lowest BCUT2D eigenvalue weighted by atomic mass is 9.89. The van der Waals surface area contributed by atoms with Crippen LogP contribution in [-0.4, -0.2) is 46.2 Å². The van der Waals surface area contributed by atoms with E-state index in [0.29, 0.717) is 6.92 Å². The maximum Gasteiger partial charge on any atom is 0.420 e. The summed E-state index contributed by atoms with van der Waals surface area (Å²) >= 11 is 0. The fourth-order valence-corrected chi connectivity index (χ4v) is 2.87. The van der Waals surface area contributed by atoms with Crippen molar-refractivity contribution in [3.63, 3.8) is 0 Å². The van der Waals surface area contributed by atoms with E-state index in [9.17, 15) is 46.0 Å². The van der Waals surface area contributed by atoms with Crippen molar-refractivity contribution in [2.24, 2.45) is 10.4 Å². The molecule has 2 heterocycles. The smallest absolute Gasteiger partial charge is 0.365 e. The lowest BCUT2D eigenvalue weighted by molar-refractivity contribution is -0.385. The number of aliphatic imine (C=N–C) groups is 1. The number of fused-ring (bicyclic) bond motifs is 2. The van der Waals surface area contributed by atoms with Crippen LogP contribution in [0.1, 0.15) is 49.7 Å². The number of nitrogens with one attached hydrogen (secondary N) is 3. The van der Waals surface area contributed by atoms with E-state index >= 15 is 0 Å². The fourth-order valence-electron chi connectivity index (χ4n) is 2.87. The number of hydrazine groups is 1. The lowest BCUT2D eigenvalue weighted by Crippen LogP contribution is -2.55. The van der Waals surface area contributed by atoms with Gasteiger partial charge in [-0.05, 0) is 39.8 Å². The molecular weight excluding hydrogens is 478 g/mol. The number of carbonyl (C=O) groups is 2. The fraction of sp³-hybridized carbons (Fsp3) is 0.556. The molecule has 0 saturated carbocycles. The van der Waals surface area contributed by atoms with E-state index in [-0.39, 0.29) is 18.9 Å². The van der Waals surface area contributed by atoms with Crippen molar-refractivity contribution in [3.8, 4) is 0 Å². The number of nitro groups is 1. The first kappa shape index (κ1) is 26.8. The molecule has 10 nitrogen and oxygen atoms in total. The van der Waals surface area contributed by atoms with E-state index in [2.05, 4.69) is 15.3 Å². The van der Waals surface area contributed by atoms with Crippen molar-refractivity contribution in [3.05, 3.63) is 27.4 Å².